The molecule has 0 spiro atoms. The van der Waals surface area contributed by atoms with Crippen LogP contribution in [-0.2, 0) is 4.79 Å². The maximum absolute atomic E-state index is 12.4. The first-order valence-corrected chi connectivity index (χ1v) is 8.25. The fraction of sp³-hybridized carbons (Fsp3) is 0.222. The summed E-state index contributed by atoms with van der Waals surface area (Å²) < 4.78 is 5.62. The summed E-state index contributed by atoms with van der Waals surface area (Å²) in [7, 11) is 0. The minimum Gasteiger partial charge on any atom is -0.479 e. The summed E-state index contributed by atoms with van der Waals surface area (Å²) in [6.45, 7) is 3.53. The van der Waals surface area contributed by atoms with E-state index in [0.717, 1.165) is 11.1 Å². The topological polar surface area (TPSA) is 87.0 Å². The quantitative estimate of drug-likeness (QED) is 0.654. The number of H-pyrrole nitrogens is 2. The van der Waals surface area contributed by atoms with Crippen molar-refractivity contribution in [2.75, 3.05) is 0 Å². The van der Waals surface area contributed by atoms with Crippen molar-refractivity contribution in [1.29, 1.82) is 0 Å². The predicted octanol–water partition coefficient (Wildman–Crippen LogP) is 3.15. The number of para-hydroxylation sites is 1. The number of aromatic amines is 2. The lowest BCUT2D eigenvalue weighted by atomic mass is 10.1. The minimum atomic E-state index is -0.696. The largest absolute Gasteiger partial charge is 0.479 e. The zero-order valence-electron chi connectivity index (χ0n) is 13.8. The highest BCUT2D eigenvalue weighted by Gasteiger charge is 2.19. The second-order valence-electron chi connectivity index (χ2n) is 5.80. The maximum Gasteiger partial charge on any atom is 0.323 e. The smallest absolute Gasteiger partial charge is 0.323 e. The molecule has 2 atom stereocenters. The van der Waals surface area contributed by atoms with Crippen molar-refractivity contribution in [1.82, 2.24) is 15.3 Å². The molecule has 0 bridgehead atoms. The Morgan fingerprint density at radius 2 is 1.84 bits per heavy atom. The molecule has 130 valence electrons. The normalized spacial score (nSPS) is 13.4. The zero-order valence-corrected chi connectivity index (χ0v) is 14.6. The Bertz CT molecular complexity index is 963. The van der Waals surface area contributed by atoms with Crippen LogP contribution in [-0.4, -0.2) is 22.0 Å². The van der Waals surface area contributed by atoms with Crippen LogP contribution in [0.25, 0.3) is 11.0 Å². The van der Waals surface area contributed by atoms with Gasteiger partial charge in [0.25, 0.3) is 5.91 Å². The standard InChI is InChI=1S/C18H18ClN3O3/c1-10(12-7-8-14-15(9-12)22-18(24)21-14)20-17(23)11(2)25-16-6-4-3-5-13(16)19/h3-11H,1-2H3,(H,20,23)(H2,21,22,24)/t10-,11+/m1/s1. The van der Waals surface area contributed by atoms with Crippen LogP contribution in [0, 0.1) is 0 Å². The van der Waals surface area contributed by atoms with Gasteiger partial charge in [-0.25, -0.2) is 4.79 Å². The van der Waals surface area contributed by atoms with Crippen LogP contribution in [0.5, 0.6) is 5.75 Å². The van der Waals surface area contributed by atoms with Gasteiger partial charge in [-0.3, -0.25) is 4.79 Å². The van der Waals surface area contributed by atoms with Gasteiger partial charge in [-0.2, -0.15) is 0 Å². The molecular formula is C18H18ClN3O3. The molecule has 6 nitrogen and oxygen atoms in total. The Morgan fingerprint density at radius 3 is 2.60 bits per heavy atom. The number of imidazole rings is 1. The lowest BCUT2D eigenvalue weighted by Gasteiger charge is -2.19. The Morgan fingerprint density at radius 1 is 1.12 bits per heavy atom. The monoisotopic (exact) mass is 359 g/mol. The van der Waals surface area contributed by atoms with Gasteiger partial charge in [0.05, 0.1) is 22.1 Å². The molecule has 3 aromatic rings. The van der Waals surface area contributed by atoms with Crippen molar-refractivity contribution in [3.05, 3.63) is 63.5 Å². The summed E-state index contributed by atoms with van der Waals surface area (Å²) in [5.41, 5.74) is 2.04. The number of hydrogen-bond donors (Lipinski definition) is 3. The fourth-order valence-electron chi connectivity index (χ4n) is 2.52. The Kier molecular flexibility index (Phi) is 4.81. The second kappa shape index (κ2) is 7.03. The number of carbonyl (C=O) groups excluding carboxylic acids is 1. The molecule has 1 amide bonds. The lowest BCUT2D eigenvalue weighted by molar-refractivity contribution is -0.127. The summed E-state index contributed by atoms with van der Waals surface area (Å²) >= 11 is 6.04. The predicted molar refractivity (Wildman–Crippen MR) is 97.0 cm³/mol. The molecule has 0 unspecified atom stereocenters. The van der Waals surface area contributed by atoms with E-state index in [2.05, 4.69) is 15.3 Å². The van der Waals surface area contributed by atoms with Crippen molar-refractivity contribution in [2.45, 2.75) is 26.0 Å². The van der Waals surface area contributed by atoms with Crippen molar-refractivity contribution >= 4 is 28.5 Å². The first-order valence-electron chi connectivity index (χ1n) is 7.87. The summed E-state index contributed by atoms with van der Waals surface area (Å²) in [6, 6.07) is 12.3. The van der Waals surface area contributed by atoms with Crippen LogP contribution in [0.3, 0.4) is 0 Å². The van der Waals surface area contributed by atoms with Gasteiger partial charge in [-0.1, -0.05) is 29.8 Å². The highest BCUT2D eigenvalue weighted by atomic mass is 35.5. The number of carbonyl (C=O) groups is 1. The van der Waals surface area contributed by atoms with E-state index in [0.29, 0.717) is 16.3 Å². The zero-order chi connectivity index (χ0) is 18.0. The summed E-state index contributed by atoms with van der Waals surface area (Å²) in [5.74, 6) is 0.209. The van der Waals surface area contributed by atoms with Crippen molar-refractivity contribution in [2.24, 2.45) is 0 Å². The van der Waals surface area contributed by atoms with Crippen molar-refractivity contribution in [3.8, 4) is 5.75 Å². The minimum absolute atomic E-state index is 0.243. The van der Waals surface area contributed by atoms with Crippen molar-refractivity contribution in [3.63, 3.8) is 0 Å². The SMILES string of the molecule is C[C@H](Oc1ccccc1Cl)C(=O)N[C@H](C)c1ccc2[nH]c(=O)[nH]c2c1. The third-order valence-corrected chi connectivity index (χ3v) is 4.22. The van der Waals surface area contributed by atoms with Gasteiger partial charge < -0.3 is 20.0 Å². The highest BCUT2D eigenvalue weighted by molar-refractivity contribution is 6.32. The second-order valence-corrected chi connectivity index (χ2v) is 6.21. The van der Waals surface area contributed by atoms with E-state index in [1.54, 1.807) is 37.3 Å². The average Bonchev–Trinajstić information content (AvgIpc) is 2.95. The van der Waals surface area contributed by atoms with E-state index in [1.807, 2.05) is 19.1 Å². The molecule has 25 heavy (non-hydrogen) atoms. The fourth-order valence-corrected chi connectivity index (χ4v) is 2.70. The van der Waals surface area contributed by atoms with Crippen molar-refractivity contribution < 1.29 is 9.53 Å². The van der Waals surface area contributed by atoms with Gasteiger partial charge in [-0.05, 0) is 43.7 Å². The molecule has 0 saturated carbocycles. The van der Waals surface area contributed by atoms with E-state index in [4.69, 9.17) is 16.3 Å². The number of fused-ring (bicyclic) bond motifs is 1. The number of benzene rings is 2. The third kappa shape index (κ3) is 3.85. The molecule has 0 aliphatic heterocycles. The molecule has 0 aliphatic carbocycles. The van der Waals surface area contributed by atoms with Gasteiger partial charge in [0.2, 0.25) is 0 Å². The van der Waals surface area contributed by atoms with E-state index in [-0.39, 0.29) is 17.6 Å². The first-order chi connectivity index (χ1) is 11.9. The summed E-state index contributed by atoms with van der Waals surface area (Å²) in [5, 5.41) is 3.35. The van der Waals surface area contributed by atoms with E-state index < -0.39 is 6.10 Å². The van der Waals surface area contributed by atoms with Crippen LogP contribution >= 0.6 is 11.6 Å². The van der Waals surface area contributed by atoms with E-state index >= 15 is 0 Å². The van der Waals surface area contributed by atoms with E-state index in [1.165, 1.54) is 0 Å². The number of hydrogen-bond acceptors (Lipinski definition) is 3. The molecule has 3 rings (SSSR count). The van der Waals surface area contributed by atoms with Gasteiger partial charge >= 0.3 is 5.69 Å². The van der Waals surface area contributed by atoms with Crippen LogP contribution < -0.4 is 15.7 Å². The maximum atomic E-state index is 12.4. The highest BCUT2D eigenvalue weighted by Crippen LogP contribution is 2.24. The van der Waals surface area contributed by atoms with E-state index in [9.17, 15) is 9.59 Å². The van der Waals surface area contributed by atoms with Gasteiger partial charge in [0.1, 0.15) is 5.75 Å². The first kappa shape index (κ1) is 17.1. The molecule has 2 aromatic carbocycles. The Hall–Kier alpha value is -2.73. The Balaban J connectivity index is 1.68. The van der Waals surface area contributed by atoms with Crippen LogP contribution in [0.4, 0.5) is 0 Å². The number of aromatic nitrogens is 2. The number of halogens is 1. The molecule has 0 radical (unpaired) electrons. The number of ether oxygens (including phenoxy) is 1. The molecule has 0 aliphatic rings. The average molecular weight is 360 g/mol. The third-order valence-electron chi connectivity index (χ3n) is 3.91. The summed E-state index contributed by atoms with van der Waals surface area (Å²) in [6.07, 6.45) is -0.696. The van der Waals surface area contributed by atoms with Gasteiger partial charge in [0, 0.05) is 0 Å². The van der Waals surface area contributed by atoms with Gasteiger partial charge in [-0.15, -0.1) is 0 Å². The molecule has 1 heterocycles. The number of nitrogens with one attached hydrogen (secondary N) is 3. The molecule has 3 N–H and O–H groups in total. The summed E-state index contributed by atoms with van der Waals surface area (Å²) in [4.78, 5) is 29.1. The number of amides is 1. The number of rotatable bonds is 5. The van der Waals surface area contributed by atoms with Gasteiger partial charge in [0.15, 0.2) is 6.10 Å². The van der Waals surface area contributed by atoms with Crippen LogP contribution in [0.1, 0.15) is 25.5 Å². The lowest BCUT2D eigenvalue weighted by Crippen LogP contribution is -2.37. The molecular weight excluding hydrogens is 342 g/mol. The van der Waals surface area contributed by atoms with Crippen LogP contribution in [0.15, 0.2) is 47.3 Å². The van der Waals surface area contributed by atoms with Crippen LogP contribution in [0.2, 0.25) is 5.02 Å². The molecule has 1 aromatic heterocycles. The Labute approximate surface area is 149 Å². The molecule has 7 heteroatoms. The molecule has 0 fully saturated rings. The molecule has 0 saturated heterocycles.